The molecule has 9 nitrogen and oxygen atoms in total. The van der Waals surface area contributed by atoms with Crippen LogP contribution in [0.4, 0.5) is 0 Å². The number of hydrogen-bond donors (Lipinski definition) is 2. The van der Waals surface area contributed by atoms with Gasteiger partial charge in [0.2, 0.25) is 27.6 Å². The summed E-state index contributed by atoms with van der Waals surface area (Å²) in [6.45, 7) is 3.48. The Labute approximate surface area is 178 Å². The van der Waals surface area contributed by atoms with Gasteiger partial charge in [0.25, 0.3) is 0 Å². The molecule has 2 heterocycles. The van der Waals surface area contributed by atoms with Gasteiger partial charge in [0.05, 0.1) is 23.4 Å². The standard InChI is InChI=1S/C19H22N4O5S2/c1-4-18-22-19(23-28-18)15-9-16(12(2)29-15)30(25,26)21-11-17(24)20-10-13-5-7-14(27-3)8-6-13/h5-9,21H,4,10-11H2,1-3H3,(H,20,24). The van der Waals surface area contributed by atoms with Gasteiger partial charge in [-0.2, -0.15) is 4.98 Å². The molecular weight excluding hydrogens is 428 g/mol. The van der Waals surface area contributed by atoms with Crippen LogP contribution in [0.5, 0.6) is 5.75 Å². The maximum absolute atomic E-state index is 12.6. The van der Waals surface area contributed by atoms with Gasteiger partial charge in [-0.15, -0.1) is 11.3 Å². The number of ether oxygens (including phenoxy) is 1. The molecule has 0 bridgehead atoms. The largest absolute Gasteiger partial charge is 0.497 e. The normalized spacial score (nSPS) is 11.4. The second kappa shape index (κ2) is 9.37. The Morgan fingerprint density at radius 1 is 1.27 bits per heavy atom. The number of amides is 1. The van der Waals surface area contributed by atoms with E-state index in [4.69, 9.17) is 9.26 Å². The minimum absolute atomic E-state index is 0.0910. The Hall–Kier alpha value is -2.76. The summed E-state index contributed by atoms with van der Waals surface area (Å²) in [5, 5.41) is 6.55. The molecule has 0 radical (unpaired) electrons. The summed E-state index contributed by atoms with van der Waals surface area (Å²) in [7, 11) is -2.29. The highest BCUT2D eigenvalue weighted by Crippen LogP contribution is 2.31. The van der Waals surface area contributed by atoms with Crippen molar-refractivity contribution in [3.63, 3.8) is 0 Å². The van der Waals surface area contributed by atoms with Crippen molar-refractivity contribution in [3.05, 3.63) is 46.7 Å². The number of aryl methyl sites for hydroxylation is 2. The van der Waals surface area contributed by atoms with E-state index in [9.17, 15) is 13.2 Å². The Balaban J connectivity index is 1.59. The van der Waals surface area contributed by atoms with E-state index in [1.807, 2.05) is 19.1 Å². The van der Waals surface area contributed by atoms with Gasteiger partial charge in [-0.1, -0.05) is 24.2 Å². The number of carbonyl (C=O) groups is 1. The molecule has 0 fully saturated rings. The molecule has 1 aromatic carbocycles. The number of rotatable bonds is 9. The van der Waals surface area contributed by atoms with Crippen LogP contribution in [0.1, 0.15) is 23.3 Å². The van der Waals surface area contributed by atoms with Gasteiger partial charge >= 0.3 is 0 Å². The van der Waals surface area contributed by atoms with E-state index < -0.39 is 15.9 Å². The summed E-state index contributed by atoms with van der Waals surface area (Å²) in [6, 6.07) is 8.70. The summed E-state index contributed by atoms with van der Waals surface area (Å²) < 4.78 is 37.8. The van der Waals surface area contributed by atoms with Crippen LogP contribution in [0.3, 0.4) is 0 Å². The van der Waals surface area contributed by atoms with E-state index >= 15 is 0 Å². The second-order valence-electron chi connectivity index (χ2n) is 6.35. The summed E-state index contributed by atoms with van der Waals surface area (Å²) in [5.41, 5.74) is 0.872. The van der Waals surface area contributed by atoms with Crippen molar-refractivity contribution in [3.8, 4) is 16.5 Å². The number of thiophene rings is 1. The van der Waals surface area contributed by atoms with Gasteiger partial charge in [-0.05, 0) is 30.7 Å². The van der Waals surface area contributed by atoms with Crippen LogP contribution >= 0.6 is 11.3 Å². The summed E-state index contributed by atoms with van der Waals surface area (Å²) in [5.74, 6) is 1.11. The lowest BCUT2D eigenvalue weighted by atomic mass is 10.2. The number of hydrogen-bond acceptors (Lipinski definition) is 8. The Bertz CT molecular complexity index is 1120. The second-order valence-corrected chi connectivity index (χ2v) is 9.34. The minimum Gasteiger partial charge on any atom is -0.497 e. The molecule has 0 saturated heterocycles. The van der Waals surface area contributed by atoms with Gasteiger partial charge in [0, 0.05) is 17.8 Å². The molecule has 11 heteroatoms. The van der Waals surface area contributed by atoms with Gasteiger partial charge in [0.1, 0.15) is 5.75 Å². The highest BCUT2D eigenvalue weighted by Gasteiger charge is 2.23. The zero-order valence-corrected chi connectivity index (χ0v) is 18.4. The van der Waals surface area contributed by atoms with Crippen molar-refractivity contribution >= 4 is 27.3 Å². The highest BCUT2D eigenvalue weighted by atomic mass is 32.2. The molecule has 1 amide bonds. The molecule has 160 valence electrons. The predicted molar refractivity (Wildman–Crippen MR) is 112 cm³/mol. The van der Waals surface area contributed by atoms with Crippen molar-refractivity contribution in [2.24, 2.45) is 0 Å². The van der Waals surface area contributed by atoms with Crippen LogP contribution in [0.25, 0.3) is 10.7 Å². The van der Waals surface area contributed by atoms with Gasteiger partial charge < -0.3 is 14.6 Å². The van der Waals surface area contributed by atoms with Crippen molar-refractivity contribution in [2.75, 3.05) is 13.7 Å². The quantitative estimate of drug-likeness (QED) is 0.512. The third-order valence-electron chi connectivity index (χ3n) is 4.22. The minimum atomic E-state index is -3.87. The van der Waals surface area contributed by atoms with E-state index in [1.165, 1.54) is 17.4 Å². The number of aromatic nitrogens is 2. The lowest BCUT2D eigenvalue weighted by molar-refractivity contribution is -0.120. The Morgan fingerprint density at radius 3 is 2.63 bits per heavy atom. The van der Waals surface area contributed by atoms with Crippen LogP contribution in [-0.2, 0) is 27.8 Å². The van der Waals surface area contributed by atoms with Gasteiger partial charge in [-0.3, -0.25) is 4.79 Å². The maximum atomic E-state index is 12.6. The molecule has 3 rings (SSSR count). The first-order valence-corrected chi connectivity index (χ1v) is 11.4. The van der Waals surface area contributed by atoms with E-state index in [0.717, 1.165) is 11.3 Å². The van der Waals surface area contributed by atoms with Crippen molar-refractivity contribution in [1.29, 1.82) is 0 Å². The van der Waals surface area contributed by atoms with E-state index in [2.05, 4.69) is 20.2 Å². The van der Waals surface area contributed by atoms with Gasteiger partial charge in [-0.25, -0.2) is 13.1 Å². The van der Waals surface area contributed by atoms with Crippen LogP contribution in [0.15, 0.2) is 39.8 Å². The number of sulfonamides is 1. The first-order valence-electron chi connectivity index (χ1n) is 9.15. The summed E-state index contributed by atoms with van der Waals surface area (Å²) in [4.78, 5) is 17.5. The maximum Gasteiger partial charge on any atom is 0.242 e. The fraction of sp³-hybridized carbons (Fsp3) is 0.316. The van der Waals surface area contributed by atoms with E-state index in [0.29, 0.717) is 27.9 Å². The smallest absolute Gasteiger partial charge is 0.242 e. The Kier molecular flexibility index (Phi) is 6.85. The number of nitrogens with one attached hydrogen (secondary N) is 2. The molecule has 2 N–H and O–H groups in total. The first kappa shape index (κ1) is 21.9. The highest BCUT2D eigenvalue weighted by molar-refractivity contribution is 7.89. The SMILES string of the molecule is CCc1nc(-c2cc(S(=O)(=O)NCC(=O)NCc3ccc(OC)cc3)c(C)s2)no1. The number of nitrogens with zero attached hydrogens (tertiary/aromatic N) is 2. The van der Waals surface area contributed by atoms with Crippen LogP contribution in [0, 0.1) is 6.92 Å². The first-order chi connectivity index (χ1) is 14.3. The third kappa shape index (κ3) is 5.23. The molecule has 3 aromatic rings. The monoisotopic (exact) mass is 450 g/mol. The number of methoxy groups -OCH3 is 1. The average molecular weight is 451 g/mol. The molecule has 0 saturated carbocycles. The molecule has 0 unspecified atom stereocenters. The zero-order valence-electron chi connectivity index (χ0n) is 16.8. The van der Waals surface area contributed by atoms with Crippen molar-refractivity contribution in [1.82, 2.24) is 20.2 Å². The lowest BCUT2D eigenvalue weighted by Gasteiger charge is -2.08. The Morgan fingerprint density at radius 2 is 2.00 bits per heavy atom. The molecule has 0 atom stereocenters. The zero-order chi connectivity index (χ0) is 21.7. The fourth-order valence-corrected chi connectivity index (χ4v) is 5.08. The van der Waals surface area contributed by atoms with E-state index in [1.54, 1.807) is 26.2 Å². The average Bonchev–Trinajstić information content (AvgIpc) is 3.38. The molecule has 0 aliphatic rings. The van der Waals surface area contributed by atoms with Gasteiger partial charge in [0.15, 0.2) is 0 Å². The fourth-order valence-electron chi connectivity index (χ4n) is 2.59. The molecule has 0 aliphatic heterocycles. The third-order valence-corrected chi connectivity index (χ3v) is 6.93. The molecule has 0 aliphatic carbocycles. The van der Waals surface area contributed by atoms with E-state index in [-0.39, 0.29) is 18.0 Å². The summed E-state index contributed by atoms with van der Waals surface area (Å²) >= 11 is 1.25. The van der Waals surface area contributed by atoms with Crippen LogP contribution in [0.2, 0.25) is 0 Å². The van der Waals surface area contributed by atoms with Crippen LogP contribution < -0.4 is 14.8 Å². The number of carbonyl (C=O) groups excluding carboxylic acids is 1. The van der Waals surface area contributed by atoms with Crippen molar-refractivity contribution < 1.29 is 22.5 Å². The molecule has 30 heavy (non-hydrogen) atoms. The molecule has 0 spiro atoms. The summed E-state index contributed by atoms with van der Waals surface area (Å²) in [6.07, 6.45) is 0.593. The lowest BCUT2D eigenvalue weighted by Crippen LogP contribution is -2.36. The number of benzene rings is 1. The van der Waals surface area contributed by atoms with Crippen molar-refractivity contribution in [2.45, 2.75) is 31.7 Å². The molecule has 2 aromatic heterocycles. The predicted octanol–water partition coefficient (Wildman–Crippen LogP) is 2.27. The topological polar surface area (TPSA) is 123 Å². The van der Waals surface area contributed by atoms with Crippen LogP contribution in [-0.4, -0.2) is 38.1 Å². The molecular formula is C19H22N4O5S2.